The van der Waals surface area contributed by atoms with E-state index < -0.39 is 32.3 Å². The van der Waals surface area contributed by atoms with Gasteiger partial charge in [0.15, 0.2) is 0 Å². The van der Waals surface area contributed by atoms with Gasteiger partial charge >= 0.3 is 0 Å². The summed E-state index contributed by atoms with van der Waals surface area (Å²) < 4.78 is 0. The highest BCUT2D eigenvalue weighted by atomic mass is 28.3. The molecule has 4 aliphatic rings. The third-order valence-electron chi connectivity index (χ3n) is 19.3. The summed E-state index contributed by atoms with van der Waals surface area (Å²) in [7, 11) is -7.54. The zero-order valence-corrected chi connectivity index (χ0v) is 50.3. The van der Waals surface area contributed by atoms with E-state index in [-0.39, 0.29) is 0 Å². The van der Waals surface area contributed by atoms with E-state index in [1.807, 2.05) is 0 Å². The Hall–Kier alpha value is -4.93. The Morgan fingerprint density at radius 2 is 0.568 bits per heavy atom. The van der Waals surface area contributed by atoms with Crippen LogP contribution in [0, 0.1) is 45.9 Å². The minimum absolute atomic E-state index is 0.728. The van der Waals surface area contributed by atoms with Gasteiger partial charge in [0.2, 0.25) is 0 Å². The number of benzene rings is 6. The molecule has 11 rings (SSSR count). The first-order chi connectivity index (χ1) is 35.7. The van der Waals surface area contributed by atoms with E-state index in [4.69, 9.17) is 9.97 Å². The van der Waals surface area contributed by atoms with E-state index in [1.165, 1.54) is 150 Å². The predicted octanol–water partition coefficient (Wildman–Crippen LogP) is 19.1. The Morgan fingerprint density at radius 1 is 0.311 bits per heavy atom. The number of hydrogen-bond acceptors (Lipinski definition) is 2. The number of hydrogen-bond donors (Lipinski definition) is 0. The molecule has 4 aliphatic carbocycles. The smallest absolute Gasteiger partial charge is 0.135 e. The lowest BCUT2D eigenvalue weighted by Gasteiger charge is -2.31. The maximum atomic E-state index is 5.83. The van der Waals surface area contributed by atoms with E-state index in [0.29, 0.717) is 0 Å². The van der Waals surface area contributed by atoms with Gasteiger partial charge < -0.3 is 0 Å². The molecule has 4 saturated carbocycles. The molecule has 378 valence electrons. The van der Waals surface area contributed by atoms with Crippen molar-refractivity contribution in [3.05, 3.63) is 95.1 Å². The number of fused-ring (bicyclic) bond motifs is 8. The van der Waals surface area contributed by atoms with Crippen molar-refractivity contribution in [1.29, 1.82) is 0 Å². The van der Waals surface area contributed by atoms with E-state index in [9.17, 15) is 0 Å². The molecule has 0 radical (unpaired) electrons. The first kappa shape index (κ1) is 51.2. The van der Waals surface area contributed by atoms with Gasteiger partial charge in [0.25, 0.3) is 0 Å². The molecule has 4 fully saturated rings. The van der Waals surface area contributed by atoms with Crippen LogP contribution in [0.5, 0.6) is 0 Å². The molecular weight excluding hydrogens is 957 g/mol. The van der Waals surface area contributed by atoms with Crippen molar-refractivity contribution >= 4 is 97.5 Å². The van der Waals surface area contributed by atoms with Gasteiger partial charge in [-0.25, -0.2) is 9.97 Å². The van der Waals surface area contributed by atoms with Crippen molar-refractivity contribution < 1.29 is 0 Å². The number of aromatic nitrogens is 2. The third kappa shape index (κ3) is 10.0. The molecule has 0 N–H and O–H groups in total. The second-order valence-electron chi connectivity index (χ2n) is 25.8. The largest absolute Gasteiger partial charge is 0.244 e. The maximum Gasteiger partial charge on any atom is 0.135 e. The Kier molecular flexibility index (Phi) is 14.4. The molecule has 0 bridgehead atoms. The number of rotatable bonds is 4. The Bertz CT molecular complexity index is 3350. The van der Waals surface area contributed by atoms with Gasteiger partial charge in [0.1, 0.15) is 32.3 Å². The first-order valence-electron chi connectivity index (χ1n) is 29.3. The summed E-state index contributed by atoms with van der Waals surface area (Å²) in [6.45, 7) is 20.2. The number of nitrogens with zero attached hydrogens (tertiary/aromatic N) is 2. The van der Waals surface area contributed by atoms with Crippen LogP contribution in [0.2, 0.25) is 74.5 Å². The minimum atomic E-state index is -1.91. The average Bonchev–Trinajstić information content (AvgIpc) is 3.43. The zero-order chi connectivity index (χ0) is 51.2. The predicted molar refractivity (Wildman–Crippen MR) is 332 cm³/mol. The fourth-order valence-electron chi connectivity index (χ4n) is 14.3. The van der Waals surface area contributed by atoms with Gasteiger partial charge in [-0.05, 0) is 55.8 Å². The van der Waals surface area contributed by atoms with Crippen LogP contribution in [-0.4, -0.2) is 42.3 Å². The maximum absolute atomic E-state index is 5.83. The van der Waals surface area contributed by atoms with Crippen LogP contribution in [0.25, 0.3) is 65.2 Å². The van der Waals surface area contributed by atoms with Crippen LogP contribution < -0.4 is 0 Å². The molecule has 0 aliphatic heterocycles. The third-order valence-corrected chi connectivity index (χ3v) is 32.8. The highest BCUT2D eigenvalue weighted by molar-refractivity contribution is 6.87. The second kappa shape index (κ2) is 20.9. The average molecular weight is 1040 g/mol. The van der Waals surface area contributed by atoms with Crippen LogP contribution >= 0.6 is 0 Å². The van der Waals surface area contributed by atoms with Gasteiger partial charge in [-0.2, -0.15) is 0 Å². The van der Waals surface area contributed by atoms with Gasteiger partial charge in [-0.3, -0.25) is 0 Å². The molecular formula is C68H80N2Si4. The lowest BCUT2D eigenvalue weighted by molar-refractivity contribution is 0.494. The molecule has 0 unspecified atom stereocenters. The van der Waals surface area contributed by atoms with E-state index >= 15 is 0 Å². The van der Waals surface area contributed by atoms with Crippen LogP contribution in [0.15, 0.2) is 72.8 Å². The summed E-state index contributed by atoms with van der Waals surface area (Å²) in [4.78, 5) is 11.7. The van der Waals surface area contributed by atoms with E-state index in [1.54, 1.807) is 0 Å². The van der Waals surface area contributed by atoms with Gasteiger partial charge in [0, 0.05) is 43.8 Å². The Balaban J connectivity index is 1.20. The molecule has 0 atom stereocenters. The van der Waals surface area contributed by atoms with Crippen LogP contribution in [0.3, 0.4) is 0 Å². The van der Waals surface area contributed by atoms with Gasteiger partial charge in [0.05, 0.1) is 22.1 Å². The normalized spacial score (nSPS) is 18.2. The Morgan fingerprint density at radius 3 is 0.851 bits per heavy atom. The minimum Gasteiger partial charge on any atom is -0.244 e. The SMILES string of the molecule is C[Si](C)(C#Cc1c2ccccc2c(C#C[Si](C)(C)C2CCCCC2)c2c1ccc1nc3c(ccc4c(C#C[Si](C)(C)C5CCCCC5)c5ccccc5c(C#C[Si](C)(C)C5CCCCC5)c43)nc12)C1CCCCC1. The highest BCUT2D eigenvalue weighted by Crippen LogP contribution is 2.44. The molecule has 0 amide bonds. The molecule has 0 saturated heterocycles. The van der Waals surface area contributed by atoms with Crippen molar-refractivity contribution in [2.45, 2.75) is 203 Å². The highest BCUT2D eigenvalue weighted by Gasteiger charge is 2.35. The monoisotopic (exact) mass is 1040 g/mol. The summed E-state index contributed by atoms with van der Waals surface area (Å²) in [6, 6.07) is 27.1. The second-order valence-corrected chi connectivity index (χ2v) is 43.8. The Labute approximate surface area is 448 Å². The van der Waals surface area contributed by atoms with Gasteiger partial charge in [-0.1, -0.05) is 265 Å². The van der Waals surface area contributed by atoms with Crippen molar-refractivity contribution in [1.82, 2.24) is 9.97 Å². The van der Waals surface area contributed by atoms with Crippen molar-refractivity contribution in [3.63, 3.8) is 0 Å². The summed E-state index contributed by atoms with van der Waals surface area (Å²) in [6.07, 6.45) is 26.7. The summed E-state index contributed by atoms with van der Waals surface area (Å²) in [5, 5.41) is 9.32. The molecule has 6 heteroatoms. The quantitative estimate of drug-likeness (QED) is 0.0760. The van der Waals surface area contributed by atoms with Crippen molar-refractivity contribution in [3.8, 4) is 45.9 Å². The zero-order valence-electron chi connectivity index (χ0n) is 46.3. The lowest BCUT2D eigenvalue weighted by Crippen LogP contribution is -2.32. The van der Waals surface area contributed by atoms with Gasteiger partial charge in [-0.15, -0.1) is 22.2 Å². The van der Waals surface area contributed by atoms with Crippen LogP contribution in [-0.2, 0) is 0 Å². The fourth-order valence-corrected chi connectivity index (χ4v) is 24.3. The molecule has 1 aromatic heterocycles. The van der Waals surface area contributed by atoms with Crippen molar-refractivity contribution in [2.24, 2.45) is 0 Å². The standard InChI is InChI=1S/C68H80N2Si4/c1-71(2,49-25-13-9-14-26-49)45-41-57-53-33-21-23-35-55(53)61(43-47-73(5,6)51-29-17-11-18-30-51)65-59(57)37-39-63-67(65)69-64-40-38-60-58(42-46-72(3,4)50-27-15-10-16-28-50)54-34-22-24-36-56(54)62(66(60)68(64)70-63)44-48-74(7,8)52-31-19-12-20-32-52/h21-24,33-40,49-52H,9-20,25-32H2,1-8H3. The molecule has 1 heterocycles. The van der Waals surface area contributed by atoms with Crippen LogP contribution in [0.4, 0.5) is 0 Å². The topological polar surface area (TPSA) is 25.8 Å². The molecule has 0 spiro atoms. The van der Waals surface area contributed by atoms with E-state index in [0.717, 1.165) is 88.0 Å². The van der Waals surface area contributed by atoms with Crippen LogP contribution in [0.1, 0.15) is 151 Å². The summed E-state index contributed by atoms with van der Waals surface area (Å²) in [5.41, 5.74) is 27.3. The molecule has 7 aromatic rings. The molecule has 74 heavy (non-hydrogen) atoms. The first-order valence-corrected chi connectivity index (χ1v) is 41.6. The molecule has 2 nitrogen and oxygen atoms in total. The lowest BCUT2D eigenvalue weighted by atomic mass is 9.90. The fraction of sp³-hybridized carbons (Fsp3) is 0.471. The molecule has 6 aromatic carbocycles. The summed E-state index contributed by atoms with van der Waals surface area (Å²) >= 11 is 0. The summed E-state index contributed by atoms with van der Waals surface area (Å²) in [5.74, 6) is 16.0. The van der Waals surface area contributed by atoms with Crippen molar-refractivity contribution in [2.75, 3.05) is 0 Å². The van der Waals surface area contributed by atoms with E-state index in [2.05, 4.69) is 171 Å².